The Morgan fingerprint density at radius 1 is 1.45 bits per heavy atom. The van der Waals surface area contributed by atoms with Crippen LogP contribution >= 0.6 is 0 Å². The maximum atomic E-state index is 7.19. The van der Waals surface area contributed by atoms with Crippen molar-refractivity contribution in [3.05, 3.63) is 29.1 Å². The lowest BCUT2D eigenvalue weighted by molar-refractivity contribution is 1.13. The Labute approximate surface area is 65.8 Å². The minimum atomic E-state index is 0.0335. The summed E-state index contributed by atoms with van der Waals surface area (Å²) in [5, 5.41) is 7.19. The van der Waals surface area contributed by atoms with Crippen LogP contribution in [0.15, 0.2) is 12.1 Å². The number of pyridine rings is 1. The second-order valence-electron chi connectivity index (χ2n) is 2.53. The van der Waals surface area contributed by atoms with E-state index in [4.69, 9.17) is 11.1 Å². The molecule has 0 bridgehead atoms. The van der Waals surface area contributed by atoms with Crippen LogP contribution in [0.5, 0.6) is 0 Å². The van der Waals surface area contributed by atoms with E-state index in [0.29, 0.717) is 5.69 Å². The van der Waals surface area contributed by atoms with Crippen LogP contribution in [-0.4, -0.2) is 10.8 Å². The van der Waals surface area contributed by atoms with Crippen LogP contribution in [-0.2, 0) is 0 Å². The van der Waals surface area contributed by atoms with E-state index in [2.05, 4.69) is 4.98 Å². The molecule has 0 amide bonds. The second kappa shape index (κ2) is 2.70. The molecule has 1 heterocycles. The Balaban J connectivity index is 3.23. The Kier molecular flexibility index (Phi) is 1.89. The van der Waals surface area contributed by atoms with Crippen molar-refractivity contribution in [1.82, 2.24) is 4.98 Å². The van der Waals surface area contributed by atoms with Gasteiger partial charge in [-0.05, 0) is 25.5 Å². The molecular weight excluding hydrogens is 138 g/mol. The van der Waals surface area contributed by atoms with Crippen LogP contribution in [0.2, 0.25) is 0 Å². The zero-order chi connectivity index (χ0) is 8.43. The van der Waals surface area contributed by atoms with Crippen LogP contribution in [0.1, 0.15) is 17.0 Å². The van der Waals surface area contributed by atoms with E-state index in [1.165, 1.54) is 0 Å². The van der Waals surface area contributed by atoms with Crippen molar-refractivity contribution in [3.63, 3.8) is 0 Å². The first kappa shape index (κ1) is 7.72. The number of rotatable bonds is 1. The predicted molar refractivity (Wildman–Crippen MR) is 44.7 cm³/mol. The summed E-state index contributed by atoms with van der Waals surface area (Å²) >= 11 is 0. The molecule has 0 aliphatic carbocycles. The number of aromatic nitrogens is 1. The number of aryl methyl sites for hydroxylation is 2. The number of hydrogen-bond donors (Lipinski definition) is 2. The summed E-state index contributed by atoms with van der Waals surface area (Å²) in [6.45, 7) is 3.77. The van der Waals surface area contributed by atoms with Crippen LogP contribution in [0, 0.1) is 19.3 Å². The zero-order valence-electron chi connectivity index (χ0n) is 6.68. The van der Waals surface area contributed by atoms with Crippen molar-refractivity contribution in [1.29, 1.82) is 5.41 Å². The molecule has 0 unspecified atom stereocenters. The molecule has 58 valence electrons. The Hall–Kier alpha value is -1.38. The monoisotopic (exact) mass is 149 g/mol. The molecule has 0 atom stereocenters. The minimum absolute atomic E-state index is 0.0335. The first-order chi connectivity index (χ1) is 5.11. The lowest BCUT2D eigenvalue weighted by Crippen LogP contribution is -2.15. The molecule has 0 saturated heterocycles. The summed E-state index contributed by atoms with van der Waals surface area (Å²) in [4.78, 5) is 4.12. The topological polar surface area (TPSA) is 62.8 Å². The molecule has 0 aromatic carbocycles. The molecule has 0 fully saturated rings. The van der Waals surface area contributed by atoms with Crippen LogP contribution < -0.4 is 5.73 Å². The molecular formula is C8H11N3. The number of amidine groups is 1. The van der Waals surface area contributed by atoms with Crippen molar-refractivity contribution in [2.45, 2.75) is 13.8 Å². The van der Waals surface area contributed by atoms with Gasteiger partial charge in [0.05, 0.1) is 0 Å². The van der Waals surface area contributed by atoms with E-state index in [1.807, 2.05) is 26.0 Å². The van der Waals surface area contributed by atoms with Gasteiger partial charge in [-0.3, -0.25) is 5.41 Å². The third kappa shape index (κ3) is 1.55. The summed E-state index contributed by atoms with van der Waals surface area (Å²) in [5.41, 5.74) is 7.73. The van der Waals surface area contributed by atoms with Gasteiger partial charge in [0, 0.05) is 5.69 Å². The average Bonchev–Trinajstić information content (AvgIpc) is 1.94. The Morgan fingerprint density at radius 3 is 2.55 bits per heavy atom. The first-order valence-electron chi connectivity index (χ1n) is 3.40. The van der Waals surface area contributed by atoms with Gasteiger partial charge < -0.3 is 5.73 Å². The van der Waals surface area contributed by atoms with E-state index in [1.54, 1.807) is 0 Å². The van der Waals surface area contributed by atoms with Crippen molar-refractivity contribution < 1.29 is 0 Å². The quantitative estimate of drug-likeness (QED) is 0.462. The Morgan fingerprint density at radius 2 is 2.09 bits per heavy atom. The summed E-state index contributed by atoms with van der Waals surface area (Å²) in [6, 6.07) is 3.82. The number of nitrogens with one attached hydrogen (secondary N) is 1. The maximum absolute atomic E-state index is 7.19. The summed E-state index contributed by atoms with van der Waals surface area (Å²) in [5.74, 6) is 0.0335. The lowest BCUT2D eigenvalue weighted by Gasteiger charge is -2.02. The largest absolute Gasteiger partial charge is 0.382 e. The highest BCUT2D eigenvalue weighted by Crippen LogP contribution is 2.04. The highest BCUT2D eigenvalue weighted by atomic mass is 14.8. The number of nitrogen functional groups attached to an aromatic ring is 1. The van der Waals surface area contributed by atoms with E-state index in [9.17, 15) is 0 Å². The molecule has 11 heavy (non-hydrogen) atoms. The normalized spacial score (nSPS) is 9.64. The number of nitrogens with zero attached hydrogens (tertiary/aromatic N) is 1. The lowest BCUT2D eigenvalue weighted by atomic mass is 10.2. The molecule has 0 saturated carbocycles. The van der Waals surface area contributed by atoms with Crippen molar-refractivity contribution in [2.24, 2.45) is 5.73 Å². The summed E-state index contributed by atoms with van der Waals surface area (Å²) < 4.78 is 0. The van der Waals surface area contributed by atoms with Crippen LogP contribution in [0.3, 0.4) is 0 Å². The fourth-order valence-corrected chi connectivity index (χ4v) is 0.899. The first-order valence-corrected chi connectivity index (χ1v) is 3.40. The number of nitrogens with two attached hydrogens (primary N) is 1. The van der Waals surface area contributed by atoms with Crippen molar-refractivity contribution in [3.8, 4) is 0 Å². The van der Waals surface area contributed by atoms with Gasteiger partial charge in [0.25, 0.3) is 0 Å². The molecule has 0 aliphatic rings. The average molecular weight is 149 g/mol. The van der Waals surface area contributed by atoms with E-state index < -0.39 is 0 Å². The third-order valence-corrected chi connectivity index (χ3v) is 1.49. The standard InChI is InChI=1S/C8H11N3/c1-5-3-4-6(2)11-7(5)8(9)10/h3-4H,1-2H3,(H3,9,10). The molecule has 0 spiro atoms. The minimum Gasteiger partial charge on any atom is -0.382 e. The smallest absolute Gasteiger partial charge is 0.142 e. The van der Waals surface area contributed by atoms with E-state index in [-0.39, 0.29) is 5.84 Å². The summed E-state index contributed by atoms with van der Waals surface area (Å²) in [7, 11) is 0. The van der Waals surface area contributed by atoms with E-state index >= 15 is 0 Å². The molecule has 3 N–H and O–H groups in total. The van der Waals surface area contributed by atoms with Gasteiger partial charge in [-0.2, -0.15) is 0 Å². The van der Waals surface area contributed by atoms with Gasteiger partial charge in [-0.1, -0.05) is 6.07 Å². The SMILES string of the molecule is Cc1ccc(C)c(C(=N)N)n1. The van der Waals surface area contributed by atoms with Crippen molar-refractivity contribution in [2.75, 3.05) is 0 Å². The molecule has 0 aliphatic heterocycles. The maximum Gasteiger partial charge on any atom is 0.142 e. The molecule has 3 nitrogen and oxygen atoms in total. The van der Waals surface area contributed by atoms with Gasteiger partial charge >= 0.3 is 0 Å². The van der Waals surface area contributed by atoms with Gasteiger partial charge in [-0.25, -0.2) is 4.98 Å². The van der Waals surface area contributed by atoms with Crippen molar-refractivity contribution >= 4 is 5.84 Å². The Bertz CT molecular complexity index is 291. The highest BCUT2D eigenvalue weighted by molar-refractivity contribution is 5.94. The van der Waals surface area contributed by atoms with Crippen LogP contribution in [0.4, 0.5) is 0 Å². The van der Waals surface area contributed by atoms with Gasteiger partial charge in [0.1, 0.15) is 11.5 Å². The van der Waals surface area contributed by atoms with Gasteiger partial charge in [0.15, 0.2) is 0 Å². The van der Waals surface area contributed by atoms with Gasteiger partial charge in [0.2, 0.25) is 0 Å². The second-order valence-corrected chi connectivity index (χ2v) is 2.53. The fraction of sp³-hybridized carbons (Fsp3) is 0.250. The van der Waals surface area contributed by atoms with Gasteiger partial charge in [-0.15, -0.1) is 0 Å². The molecule has 1 rings (SSSR count). The van der Waals surface area contributed by atoms with E-state index in [0.717, 1.165) is 11.3 Å². The predicted octanol–water partition coefficient (Wildman–Crippen LogP) is 0.983. The highest BCUT2D eigenvalue weighted by Gasteiger charge is 2.01. The third-order valence-electron chi connectivity index (χ3n) is 1.49. The molecule has 3 heteroatoms. The van der Waals surface area contributed by atoms with Crippen LogP contribution in [0.25, 0.3) is 0 Å². The summed E-state index contributed by atoms with van der Waals surface area (Å²) in [6.07, 6.45) is 0. The molecule has 0 radical (unpaired) electrons. The fourth-order valence-electron chi connectivity index (χ4n) is 0.899. The number of hydrogen-bond acceptors (Lipinski definition) is 2. The molecule has 1 aromatic rings. The zero-order valence-corrected chi connectivity index (χ0v) is 6.68. The molecule has 1 aromatic heterocycles.